The lowest BCUT2D eigenvalue weighted by molar-refractivity contribution is 0.149. The van der Waals surface area contributed by atoms with Crippen LogP contribution in [-0.4, -0.2) is 29.7 Å². The average molecular weight is 171 g/mol. The van der Waals surface area contributed by atoms with Crippen LogP contribution in [0.2, 0.25) is 0 Å². The van der Waals surface area contributed by atoms with Crippen LogP contribution >= 0.6 is 0 Å². The van der Waals surface area contributed by atoms with Crippen LogP contribution in [0.3, 0.4) is 0 Å². The second-order valence-electron chi connectivity index (χ2n) is 3.52. The van der Waals surface area contributed by atoms with E-state index in [1.165, 1.54) is 0 Å². The highest BCUT2D eigenvalue weighted by atomic mass is 16.6. The molecular formula is C9H17NO2. The van der Waals surface area contributed by atoms with Crippen molar-refractivity contribution in [3.05, 3.63) is 0 Å². The number of cyclic esters (lactones) is 1. The van der Waals surface area contributed by atoms with Crippen LogP contribution in [-0.2, 0) is 4.74 Å². The van der Waals surface area contributed by atoms with Gasteiger partial charge in [-0.05, 0) is 20.3 Å². The molecule has 1 aliphatic heterocycles. The van der Waals surface area contributed by atoms with Gasteiger partial charge < -0.3 is 4.74 Å². The molecule has 0 bridgehead atoms. The summed E-state index contributed by atoms with van der Waals surface area (Å²) in [5.41, 5.74) is 0. The van der Waals surface area contributed by atoms with E-state index in [0.717, 1.165) is 12.8 Å². The molecule has 0 aromatic carbocycles. The van der Waals surface area contributed by atoms with Gasteiger partial charge in [0.15, 0.2) is 0 Å². The van der Waals surface area contributed by atoms with E-state index in [4.69, 9.17) is 4.74 Å². The number of hydrogen-bond donors (Lipinski definition) is 0. The van der Waals surface area contributed by atoms with Crippen LogP contribution in [0.15, 0.2) is 0 Å². The topological polar surface area (TPSA) is 29.5 Å². The Morgan fingerprint density at radius 3 is 2.83 bits per heavy atom. The van der Waals surface area contributed by atoms with E-state index in [2.05, 4.69) is 6.92 Å². The molecule has 0 aromatic rings. The van der Waals surface area contributed by atoms with Gasteiger partial charge in [0.05, 0.1) is 6.04 Å². The first kappa shape index (κ1) is 9.36. The molecule has 70 valence electrons. The summed E-state index contributed by atoms with van der Waals surface area (Å²) in [6.45, 7) is 6.75. The van der Waals surface area contributed by atoms with Crippen molar-refractivity contribution in [3.63, 3.8) is 0 Å². The minimum absolute atomic E-state index is 0.150. The smallest absolute Gasteiger partial charge is 0.410 e. The Bertz CT molecular complexity index is 168. The lowest BCUT2D eigenvalue weighted by atomic mass is 10.1. The Hall–Kier alpha value is -0.730. The lowest BCUT2D eigenvalue weighted by Crippen LogP contribution is -2.38. The summed E-state index contributed by atoms with van der Waals surface area (Å²) < 4.78 is 4.98. The maximum absolute atomic E-state index is 11.2. The van der Waals surface area contributed by atoms with Gasteiger partial charge in [0, 0.05) is 6.04 Å². The second-order valence-corrected chi connectivity index (χ2v) is 3.52. The van der Waals surface area contributed by atoms with Crippen LogP contribution in [0, 0.1) is 0 Å². The first-order chi connectivity index (χ1) is 5.66. The summed E-state index contributed by atoms with van der Waals surface area (Å²) in [5.74, 6) is 0. The molecule has 0 spiro atoms. The molecule has 1 atom stereocenters. The van der Waals surface area contributed by atoms with Crippen LogP contribution in [0.25, 0.3) is 0 Å². The zero-order valence-electron chi connectivity index (χ0n) is 8.04. The summed E-state index contributed by atoms with van der Waals surface area (Å²) in [5, 5.41) is 0. The highest BCUT2D eigenvalue weighted by molar-refractivity contribution is 5.70. The fraction of sp³-hybridized carbons (Fsp3) is 0.889. The second kappa shape index (κ2) is 3.78. The van der Waals surface area contributed by atoms with E-state index >= 15 is 0 Å². The number of ether oxygens (including phenoxy) is 1. The van der Waals surface area contributed by atoms with Crippen molar-refractivity contribution in [1.29, 1.82) is 0 Å². The molecule has 1 fully saturated rings. The lowest BCUT2D eigenvalue weighted by Gasteiger charge is -2.24. The summed E-state index contributed by atoms with van der Waals surface area (Å²) >= 11 is 0. The van der Waals surface area contributed by atoms with E-state index in [0.29, 0.717) is 12.6 Å². The van der Waals surface area contributed by atoms with E-state index in [1.54, 1.807) is 0 Å². The number of carbonyl (C=O) groups excluding carboxylic acids is 1. The molecule has 1 heterocycles. The molecule has 0 aliphatic carbocycles. The Morgan fingerprint density at radius 1 is 1.67 bits per heavy atom. The molecule has 1 amide bonds. The summed E-state index contributed by atoms with van der Waals surface area (Å²) in [6.07, 6.45) is 2.00. The van der Waals surface area contributed by atoms with Crippen molar-refractivity contribution in [2.45, 2.75) is 45.7 Å². The average Bonchev–Trinajstić information content (AvgIpc) is 2.32. The van der Waals surface area contributed by atoms with Crippen LogP contribution in [0.4, 0.5) is 4.79 Å². The highest BCUT2D eigenvalue weighted by Gasteiger charge is 2.33. The molecule has 1 rings (SSSR count). The van der Waals surface area contributed by atoms with Gasteiger partial charge in [-0.3, -0.25) is 4.90 Å². The van der Waals surface area contributed by atoms with Crippen molar-refractivity contribution < 1.29 is 9.53 Å². The van der Waals surface area contributed by atoms with Crippen LogP contribution in [0.5, 0.6) is 0 Å². The van der Waals surface area contributed by atoms with Gasteiger partial charge in [0.2, 0.25) is 0 Å². The Labute approximate surface area is 73.7 Å². The minimum Gasteiger partial charge on any atom is -0.447 e. The molecule has 0 saturated carbocycles. The van der Waals surface area contributed by atoms with E-state index in [1.807, 2.05) is 18.7 Å². The molecule has 1 saturated heterocycles. The maximum atomic E-state index is 11.2. The summed E-state index contributed by atoms with van der Waals surface area (Å²) in [6, 6.07) is 0.569. The number of carbonyl (C=O) groups is 1. The van der Waals surface area contributed by atoms with Gasteiger partial charge in [0.1, 0.15) is 6.61 Å². The Morgan fingerprint density at radius 2 is 2.33 bits per heavy atom. The van der Waals surface area contributed by atoms with E-state index in [9.17, 15) is 4.79 Å². The maximum Gasteiger partial charge on any atom is 0.410 e. The fourth-order valence-corrected chi connectivity index (χ4v) is 1.66. The minimum atomic E-state index is -0.150. The molecule has 0 N–H and O–H groups in total. The standard InChI is InChI=1S/C9H17NO2/c1-4-5-8-6-12-9(11)10(8)7(2)3/h7-8H,4-6H2,1-3H3. The molecule has 12 heavy (non-hydrogen) atoms. The number of nitrogens with zero attached hydrogens (tertiary/aromatic N) is 1. The van der Waals surface area contributed by atoms with Crippen molar-refractivity contribution in [2.24, 2.45) is 0 Å². The van der Waals surface area contributed by atoms with Gasteiger partial charge in [-0.15, -0.1) is 0 Å². The van der Waals surface area contributed by atoms with E-state index < -0.39 is 0 Å². The molecule has 0 radical (unpaired) electrons. The SMILES string of the molecule is CCCC1COC(=O)N1C(C)C. The van der Waals surface area contributed by atoms with Gasteiger partial charge in [-0.2, -0.15) is 0 Å². The third-order valence-corrected chi connectivity index (χ3v) is 2.18. The van der Waals surface area contributed by atoms with Crippen molar-refractivity contribution >= 4 is 6.09 Å². The fourth-order valence-electron chi connectivity index (χ4n) is 1.66. The predicted molar refractivity (Wildman–Crippen MR) is 47.0 cm³/mol. The first-order valence-corrected chi connectivity index (χ1v) is 4.62. The summed E-state index contributed by atoms with van der Waals surface area (Å²) in [4.78, 5) is 13.0. The molecule has 3 nitrogen and oxygen atoms in total. The van der Waals surface area contributed by atoms with Crippen LogP contribution in [0.1, 0.15) is 33.6 Å². The first-order valence-electron chi connectivity index (χ1n) is 4.62. The zero-order chi connectivity index (χ0) is 9.14. The molecule has 0 aromatic heterocycles. The molecule has 1 unspecified atom stereocenters. The van der Waals surface area contributed by atoms with Gasteiger partial charge in [0.25, 0.3) is 0 Å². The zero-order valence-corrected chi connectivity index (χ0v) is 8.04. The largest absolute Gasteiger partial charge is 0.447 e. The third-order valence-electron chi connectivity index (χ3n) is 2.18. The van der Waals surface area contributed by atoms with Crippen molar-refractivity contribution in [2.75, 3.05) is 6.61 Å². The number of hydrogen-bond acceptors (Lipinski definition) is 2. The van der Waals surface area contributed by atoms with Gasteiger partial charge in [-0.25, -0.2) is 4.79 Å². The Balaban J connectivity index is 2.57. The number of amides is 1. The molecule has 3 heteroatoms. The van der Waals surface area contributed by atoms with Gasteiger partial charge >= 0.3 is 6.09 Å². The molecule has 1 aliphatic rings. The van der Waals surface area contributed by atoms with E-state index in [-0.39, 0.29) is 12.1 Å². The quantitative estimate of drug-likeness (QED) is 0.650. The monoisotopic (exact) mass is 171 g/mol. The number of rotatable bonds is 3. The van der Waals surface area contributed by atoms with Crippen molar-refractivity contribution in [3.8, 4) is 0 Å². The molecular weight excluding hydrogens is 154 g/mol. The highest BCUT2D eigenvalue weighted by Crippen LogP contribution is 2.19. The van der Waals surface area contributed by atoms with Gasteiger partial charge in [-0.1, -0.05) is 13.3 Å². The third kappa shape index (κ3) is 1.71. The van der Waals surface area contributed by atoms with Crippen molar-refractivity contribution in [1.82, 2.24) is 4.90 Å². The summed E-state index contributed by atoms with van der Waals surface area (Å²) in [7, 11) is 0. The van der Waals surface area contributed by atoms with Crippen LogP contribution < -0.4 is 0 Å². The Kier molecular flexibility index (Phi) is 2.95. The predicted octanol–water partition coefficient (Wildman–Crippen LogP) is 2.02. The normalized spacial score (nSPS) is 23.5.